The number of aliphatic hydroxyl groups excluding tert-OH is 4. The van der Waals surface area contributed by atoms with E-state index >= 15 is 0 Å². The number of rotatable bonds is 9. The summed E-state index contributed by atoms with van der Waals surface area (Å²) < 4.78 is 11.5. The molecule has 1 aliphatic rings. The fourth-order valence-corrected chi connectivity index (χ4v) is 4.71. The molecule has 0 aliphatic carbocycles. The number of carbonyl (C=O) groups is 1. The molecule has 1 aromatic heterocycles. The number of benzene rings is 3. The lowest BCUT2D eigenvalue weighted by Gasteiger charge is -2.39. The van der Waals surface area contributed by atoms with Crippen LogP contribution < -0.4 is 21.1 Å². The molecule has 6 unspecified atom stereocenters. The van der Waals surface area contributed by atoms with E-state index < -0.39 is 49.3 Å². The molecule has 1 saturated heterocycles. The highest BCUT2D eigenvalue weighted by molar-refractivity contribution is 6.00. The number of aliphatic hydroxyl groups is 4. The van der Waals surface area contributed by atoms with Crippen molar-refractivity contribution in [2.75, 3.05) is 17.2 Å². The van der Waals surface area contributed by atoms with Crippen LogP contribution in [0, 0.1) is 5.41 Å². The quantitative estimate of drug-likeness (QED) is 0.107. The molecule has 5 rings (SSSR count). The Bertz CT molecular complexity index is 1580. The van der Waals surface area contributed by atoms with E-state index in [0.717, 1.165) is 10.9 Å². The second kappa shape index (κ2) is 12.5. The Kier molecular flexibility index (Phi) is 8.61. The molecule has 0 spiro atoms. The second-order valence-electron chi connectivity index (χ2n) is 9.82. The summed E-state index contributed by atoms with van der Waals surface area (Å²) in [6, 6.07) is 21.2. The predicted octanol–water partition coefficient (Wildman–Crippen LogP) is 1.49. The number of amides is 1. The van der Waals surface area contributed by atoms with Crippen molar-refractivity contribution in [3.8, 4) is 5.75 Å². The highest BCUT2D eigenvalue weighted by Crippen LogP contribution is 2.33. The summed E-state index contributed by atoms with van der Waals surface area (Å²) in [6.45, 7) is -0.618. The first kappa shape index (κ1) is 28.9. The zero-order valence-electron chi connectivity index (χ0n) is 22.3. The minimum absolute atomic E-state index is 0.139. The Morgan fingerprint density at radius 3 is 2.57 bits per heavy atom. The molecular formula is C30H31N5O7. The first-order chi connectivity index (χ1) is 20.2. The Balaban J connectivity index is 1.49. The molecule has 3 aromatic carbocycles. The van der Waals surface area contributed by atoms with Gasteiger partial charge in [-0.05, 0) is 42.5 Å². The smallest absolute Gasteiger partial charge is 0.251 e. The number of nitrogens with zero attached hydrogens (tertiary/aromatic N) is 1. The SMILES string of the molecule is N=C(N)c1cccc(NC(C(=O)Nc2ccc3ncccc3c2)c2ccccc2OC2OC(CO)C(O)C(O)C2O)c1. The van der Waals surface area contributed by atoms with Crippen LogP contribution in [-0.2, 0) is 9.53 Å². The largest absolute Gasteiger partial charge is 0.462 e. The molecule has 42 heavy (non-hydrogen) atoms. The minimum Gasteiger partial charge on any atom is -0.462 e. The number of hydrogen-bond donors (Lipinski definition) is 8. The Hall–Kier alpha value is -4.59. The van der Waals surface area contributed by atoms with Crippen LogP contribution in [0.2, 0.25) is 0 Å². The summed E-state index contributed by atoms with van der Waals surface area (Å²) in [5.74, 6) is -0.466. The summed E-state index contributed by atoms with van der Waals surface area (Å²) >= 11 is 0. The highest BCUT2D eigenvalue weighted by Gasteiger charge is 2.45. The molecule has 6 atom stereocenters. The third-order valence-corrected chi connectivity index (χ3v) is 6.94. The molecule has 9 N–H and O–H groups in total. The van der Waals surface area contributed by atoms with E-state index in [0.29, 0.717) is 22.5 Å². The third kappa shape index (κ3) is 6.17. The lowest BCUT2D eigenvalue weighted by Crippen LogP contribution is -2.60. The number of para-hydroxylation sites is 1. The molecule has 0 bridgehead atoms. The maximum atomic E-state index is 13.9. The lowest BCUT2D eigenvalue weighted by atomic mass is 9.99. The molecule has 1 fully saturated rings. The summed E-state index contributed by atoms with van der Waals surface area (Å²) in [5, 5.41) is 55.2. The van der Waals surface area contributed by atoms with Gasteiger partial charge in [-0.25, -0.2) is 0 Å². The van der Waals surface area contributed by atoms with Gasteiger partial charge in [-0.1, -0.05) is 36.4 Å². The zero-order valence-corrected chi connectivity index (χ0v) is 22.3. The topological polar surface area (TPSA) is 203 Å². The number of fused-ring (bicyclic) bond motifs is 1. The van der Waals surface area contributed by atoms with E-state index in [-0.39, 0.29) is 11.6 Å². The lowest BCUT2D eigenvalue weighted by molar-refractivity contribution is -0.277. The van der Waals surface area contributed by atoms with Crippen LogP contribution in [0.15, 0.2) is 85.1 Å². The van der Waals surface area contributed by atoms with E-state index in [2.05, 4.69) is 15.6 Å². The first-order valence-electron chi connectivity index (χ1n) is 13.2. The number of nitrogens with two attached hydrogens (primary N) is 1. The van der Waals surface area contributed by atoms with E-state index in [1.807, 2.05) is 6.07 Å². The van der Waals surface area contributed by atoms with Gasteiger partial charge in [0, 0.05) is 34.1 Å². The number of hydrogen-bond acceptors (Lipinski definition) is 10. The number of amidine groups is 1. The van der Waals surface area contributed by atoms with Crippen LogP contribution in [0.4, 0.5) is 11.4 Å². The van der Waals surface area contributed by atoms with Crippen molar-refractivity contribution in [1.29, 1.82) is 5.41 Å². The van der Waals surface area contributed by atoms with Crippen LogP contribution in [0.5, 0.6) is 5.75 Å². The van der Waals surface area contributed by atoms with Gasteiger partial charge in [0.05, 0.1) is 12.1 Å². The summed E-state index contributed by atoms with van der Waals surface area (Å²) in [7, 11) is 0. The molecule has 4 aromatic rings. The van der Waals surface area contributed by atoms with Crippen molar-refractivity contribution in [3.63, 3.8) is 0 Å². The van der Waals surface area contributed by atoms with Gasteiger partial charge in [0.25, 0.3) is 5.91 Å². The van der Waals surface area contributed by atoms with Crippen molar-refractivity contribution in [1.82, 2.24) is 4.98 Å². The van der Waals surface area contributed by atoms with Crippen molar-refractivity contribution in [2.24, 2.45) is 5.73 Å². The van der Waals surface area contributed by atoms with Gasteiger partial charge in [0.1, 0.15) is 42.0 Å². The number of anilines is 2. The van der Waals surface area contributed by atoms with Gasteiger partial charge < -0.3 is 46.3 Å². The summed E-state index contributed by atoms with van der Waals surface area (Å²) in [5.41, 5.74) is 8.26. The van der Waals surface area contributed by atoms with E-state index in [1.165, 1.54) is 0 Å². The van der Waals surface area contributed by atoms with Crippen LogP contribution in [0.3, 0.4) is 0 Å². The molecule has 218 valence electrons. The first-order valence-corrected chi connectivity index (χ1v) is 13.2. The maximum Gasteiger partial charge on any atom is 0.251 e. The van der Waals surface area contributed by atoms with Gasteiger partial charge in [-0.3, -0.25) is 15.2 Å². The molecule has 1 aliphatic heterocycles. The van der Waals surface area contributed by atoms with Gasteiger partial charge in [0.2, 0.25) is 6.29 Å². The third-order valence-electron chi connectivity index (χ3n) is 6.94. The number of pyridine rings is 1. The Labute approximate surface area is 240 Å². The van der Waals surface area contributed by atoms with Crippen LogP contribution in [-0.4, -0.2) is 74.5 Å². The number of nitrogens with one attached hydrogen (secondary N) is 3. The average molecular weight is 574 g/mol. The molecule has 12 heteroatoms. The normalized spacial score (nSPS) is 22.7. The summed E-state index contributed by atoms with van der Waals surface area (Å²) in [6.07, 6.45) is -5.78. The predicted molar refractivity (Wildman–Crippen MR) is 155 cm³/mol. The van der Waals surface area contributed by atoms with Crippen molar-refractivity contribution in [3.05, 3.63) is 96.2 Å². The minimum atomic E-state index is -1.64. The van der Waals surface area contributed by atoms with Gasteiger partial charge in [-0.15, -0.1) is 0 Å². The number of aromatic nitrogens is 1. The maximum absolute atomic E-state index is 13.9. The zero-order chi connectivity index (χ0) is 29.8. The Morgan fingerprint density at radius 2 is 1.79 bits per heavy atom. The van der Waals surface area contributed by atoms with E-state index in [9.17, 15) is 25.2 Å². The molecule has 12 nitrogen and oxygen atoms in total. The standard InChI is InChI=1S/C30H31N5O7/c31-28(32)17-5-3-7-18(14-17)34-24(29(40)35-19-10-11-21-16(13-19)6-4-12-33-21)20-8-1-2-9-22(20)41-30-27(39)26(38)25(37)23(15-36)42-30/h1-14,23-27,30,34,36-39H,15H2,(H3,31,32)(H,35,40). The number of ether oxygens (including phenoxy) is 2. The second-order valence-corrected chi connectivity index (χ2v) is 9.82. The van der Waals surface area contributed by atoms with Gasteiger partial charge in [0.15, 0.2) is 0 Å². The fraction of sp³-hybridized carbons (Fsp3) is 0.233. The molecule has 1 amide bonds. The molecule has 0 radical (unpaired) electrons. The highest BCUT2D eigenvalue weighted by atomic mass is 16.7. The Morgan fingerprint density at radius 1 is 0.976 bits per heavy atom. The van der Waals surface area contributed by atoms with Crippen LogP contribution in [0.25, 0.3) is 10.9 Å². The van der Waals surface area contributed by atoms with Gasteiger partial charge in [-0.2, -0.15) is 0 Å². The fourth-order valence-electron chi connectivity index (χ4n) is 4.71. The average Bonchev–Trinajstić information content (AvgIpc) is 3.00. The monoisotopic (exact) mass is 573 g/mol. The van der Waals surface area contributed by atoms with Crippen LogP contribution in [0.1, 0.15) is 17.2 Å². The molecular weight excluding hydrogens is 542 g/mol. The number of nitrogen functional groups attached to an aromatic ring is 1. The van der Waals surface area contributed by atoms with Gasteiger partial charge >= 0.3 is 0 Å². The van der Waals surface area contributed by atoms with Crippen LogP contribution >= 0.6 is 0 Å². The molecule has 2 heterocycles. The van der Waals surface area contributed by atoms with Crippen molar-refractivity contribution in [2.45, 2.75) is 36.7 Å². The van der Waals surface area contributed by atoms with Crippen molar-refractivity contribution >= 4 is 34.0 Å². The van der Waals surface area contributed by atoms with E-state index in [1.54, 1.807) is 79.0 Å². The van der Waals surface area contributed by atoms with E-state index in [4.69, 9.17) is 20.6 Å². The number of carbonyl (C=O) groups excluding carboxylic acids is 1. The molecule has 0 saturated carbocycles. The summed E-state index contributed by atoms with van der Waals surface area (Å²) in [4.78, 5) is 18.2. The van der Waals surface area contributed by atoms with Crippen molar-refractivity contribution < 1.29 is 34.7 Å².